The SMILES string of the molecule is CC(C)C(=O)c1ccn(CCc2nccn2C)c1. The molecule has 0 N–H and O–H groups in total. The molecule has 0 amide bonds. The lowest BCUT2D eigenvalue weighted by molar-refractivity contribution is 0.0939. The number of hydrogen-bond donors (Lipinski definition) is 0. The molecule has 4 heteroatoms. The van der Waals surface area contributed by atoms with E-state index in [2.05, 4.69) is 4.98 Å². The quantitative estimate of drug-likeness (QED) is 0.758. The molecule has 2 aromatic heterocycles. The van der Waals surface area contributed by atoms with Gasteiger partial charge in [-0.3, -0.25) is 4.79 Å². The minimum Gasteiger partial charge on any atom is -0.353 e. The Labute approximate surface area is 107 Å². The number of carbonyl (C=O) groups excluding carboxylic acids is 1. The first kappa shape index (κ1) is 12.6. The topological polar surface area (TPSA) is 39.8 Å². The number of Topliss-reactive ketones (excluding diaryl/α,β-unsaturated/α-hetero) is 1. The van der Waals surface area contributed by atoms with Gasteiger partial charge < -0.3 is 9.13 Å². The molecule has 0 saturated carbocycles. The summed E-state index contributed by atoms with van der Waals surface area (Å²) in [5, 5.41) is 0. The van der Waals surface area contributed by atoms with E-state index in [9.17, 15) is 4.79 Å². The van der Waals surface area contributed by atoms with Crippen LogP contribution in [-0.4, -0.2) is 19.9 Å². The standard InChI is InChI=1S/C14H19N3O/c1-11(2)14(18)12-4-7-17(10-12)8-5-13-15-6-9-16(13)3/h4,6-7,9-11H,5,8H2,1-3H3. The minimum atomic E-state index is 0.0513. The second-order valence-electron chi connectivity index (χ2n) is 4.86. The number of ketones is 1. The predicted octanol–water partition coefficient (Wildman–Crippen LogP) is 2.30. The molecule has 0 aliphatic rings. The van der Waals surface area contributed by atoms with Crippen LogP contribution in [0.4, 0.5) is 0 Å². The summed E-state index contributed by atoms with van der Waals surface area (Å²) in [5.41, 5.74) is 0.796. The van der Waals surface area contributed by atoms with E-state index in [-0.39, 0.29) is 11.7 Å². The molecule has 2 aromatic rings. The van der Waals surface area contributed by atoms with Crippen molar-refractivity contribution in [1.29, 1.82) is 0 Å². The van der Waals surface area contributed by atoms with Crippen LogP contribution >= 0.6 is 0 Å². The maximum absolute atomic E-state index is 11.8. The third-order valence-corrected chi connectivity index (χ3v) is 3.07. The summed E-state index contributed by atoms with van der Waals surface area (Å²) in [6.45, 7) is 4.69. The maximum Gasteiger partial charge on any atom is 0.166 e. The number of rotatable bonds is 5. The van der Waals surface area contributed by atoms with Gasteiger partial charge in [-0.25, -0.2) is 4.98 Å². The van der Waals surface area contributed by atoms with Crippen LogP contribution in [0, 0.1) is 5.92 Å². The molecule has 18 heavy (non-hydrogen) atoms. The Kier molecular flexibility index (Phi) is 3.65. The zero-order valence-electron chi connectivity index (χ0n) is 11.1. The van der Waals surface area contributed by atoms with Gasteiger partial charge in [-0.2, -0.15) is 0 Å². The average molecular weight is 245 g/mol. The van der Waals surface area contributed by atoms with Gasteiger partial charge in [0, 0.05) is 56.3 Å². The monoisotopic (exact) mass is 245 g/mol. The van der Waals surface area contributed by atoms with Gasteiger partial charge in [0.25, 0.3) is 0 Å². The van der Waals surface area contributed by atoms with E-state index in [1.807, 2.05) is 54.7 Å². The van der Waals surface area contributed by atoms with Crippen molar-refractivity contribution in [2.24, 2.45) is 13.0 Å². The van der Waals surface area contributed by atoms with Crippen molar-refractivity contribution in [2.45, 2.75) is 26.8 Å². The van der Waals surface area contributed by atoms with Crippen LogP contribution in [0.25, 0.3) is 0 Å². The molecule has 0 fully saturated rings. The summed E-state index contributed by atoms with van der Waals surface area (Å²) in [5.74, 6) is 1.31. The summed E-state index contributed by atoms with van der Waals surface area (Å²) in [4.78, 5) is 16.1. The molecule has 2 heterocycles. The normalized spacial score (nSPS) is 11.1. The van der Waals surface area contributed by atoms with Crippen molar-refractivity contribution >= 4 is 5.78 Å². The van der Waals surface area contributed by atoms with E-state index in [0.29, 0.717) is 0 Å². The Bertz CT molecular complexity index is 537. The number of carbonyl (C=O) groups is 1. The average Bonchev–Trinajstić information content (AvgIpc) is 2.94. The van der Waals surface area contributed by atoms with E-state index in [1.54, 1.807) is 6.20 Å². The molecule has 0 bridgehead atoms. The Morgan fingerprint density at radius 1 is 1.39 bits per heavy atom. The van der Waals surface area contributed by atoms with E-state index in [1.165, 1.54) is 0 Å². The number of hydrogen-bond acceptors (Lipinski definition) is 2. The minimum absolute atomic E-state index is 0.0513. The largest absolute Gasteiger partial charge is 0.353 e. The number of nitrogens with zero attached hydrogens (tertiary/aromatic N) is 3. The lowest BCUT2D eigenvalue weighted by atomic mass is 10.0. The van der Waals surface area contributed by atoms with Crippen LogP contribution in [0.3, 0.4) is 0 Å². The molecule has 0 atom stereocenters. The molecule has 0 unspecified atom stereocenters. The van der Waals surface area contributed by atoms with Gasteiger partial charge in [-0.15, -0.1) is 0 Å². The highest BCUT2D eigenvalue weighted by atomic mass is 16.1. The fourth-order valence-electron chi connectivity index (χ4n) is 1.93. The Hall–Kier alpha value is -1.84. The first-order chi connectivity index (χ1) is 8.58. The Balaban J connectivity index is 1.99. The summed E-state index contributed by atoms with van der Waals surface area (Å²) in [7, 11) is 1.99. The van der Waals surface area contributed by atoms with Crippen molar-refractivity contribution < 1.29 is 4.79 Å². The highest BCUT2D eigenvalue weighted by Gasteiger charge is 2.11. The third kappa shape index (κ3) is 2.70. The van der Waals surface area contributed by atoms with Gasteiger partial charge in [0.15, 0.2) is 5.78 Å². The van der Waals surface area contributed by atoms with Gasteiger partial charge in [-0.05, 0) is 6.07 Å². The van der Waals surface area contributed by atoms with Crippen LogP contribution in [0.2, 0.25) is 0 Å². The van der Waals surface area contributed by atoms with Gasteiger partial charge in [0.05, 0.1) is 0 Å². The van der Waals surface area contributed by atoms with Crippen LogP contribution in [0.1, 0.15) is 30.0 Å². The third-order valence-electron chi connectivity index (χ3n) is 3.07. The molecule has 2 rings (SSSR count). The molecule has 4 nitrogen and oxygen atoms in total. The van der Waals surface area contributed by atoms with Crippen molar-refractivity contribution in [2.75, 3.05) is 0 Å². The van der Waals surface area contributed by atoms with Crippen molar-refractivity contribution in [3.8, 4) is 0 Å². The van der Waals surface area contributed by atoms with Crippen LogP contribution in [0.15, 0.2) is 30.9 Å². The second-order valence-corrected chi connectivity index (χ2v) is 4.86. The lowest BCUT2D eigenvalue weighted by Gasteiger charge is -2.04. The number of imidazole rings is 1. The van der Waals surface area contributed by atoms with Gasteiger partial charge >= 0.3 is 0 Å². The first-order valence-electron chi connectivity index (χ1n) is 6.24. The maximum atomic E-state index is 11.8. The van der Waals surface area contributed by atoms with Crippen molar-refractivity contribution in [1.82, 2.24) is 14.1 Å². The highest BCUT2D eigenvalue weighted by molar-refractivity contribution is 5.97. The summed E-state index contributed by atoms with van der Waals surface area (Å²) in [6.07, 6.45) is 8.49. The second kappa shape index (κ2) is 5.21. The van der Waals surface area contributed by atoms with Crippen LogP contribution in [0.5, 0.6) is 0 Å². The van der Waals surface area contributed by atoms with Gasteiger partial charge in [-0.1, -0.05) is 13.8 Å². The molecule has 0 saturated heterocycles. The van der Waals surface area contributed by atoms with E-state index < -0.39 is 0 Å². The first-order valence-corrected chi connectivity index (χ1v) is 6.24. The predicted molar refractivity (Wildman–Crippen MR) is 70.5 cm³/mol. The zero-order chi connectivity index (χ0) is 13.1. The van der Waals surface area contributed by atoms with Crippen LogP contribution < -0.4 is 0 Å². The fraction of sp³-hybridized carbons (Fsp3) is 0.429. The Morgan fingerprint density at radius 2 is 2.17 bits per heavy atom. The highest BCUT2D eigenvalue weighted by Crippen LogP contribution is 2.09. The van der Waals surface area contributed by atoms with Crippen LogP contribution in [-0.2, 0) is 20.0 Å². The summed E-state index contributed by atoms with van der Waals surface area (Å²) in [6, 6.07) is 1.89. The molecular formula is C14H19N3O. The van der Waals surface area contributed by atoms with E-state index in [4.69, 9.17) is 0 Å². The molecule has 96 valence electrons. The molecule has 0 radical (unpaired) electrons. The lowest BCUT2D eigenvalue weighted by Crippen LogP contribution is -2.07. The van der Waals surface area contributed by atoms with Crippen molar-refractivity contribution in [3.63, 3.8) is 0 Å². The van der Waals surface area contributed by atoms with Gasteiger partial charge in [0.2, 0.25) is 0 Å². The van der Waals surface area contributed by atoms with E-state index >= 15 is 0 Å². The summed E-state index contributed by atoms with van der Waals surface area (Å²) >= 11 is 0. The molecule has 0 aromatic carbocycles. The van der Waals surface area contributed by atoms with E-state index in [0.717, 1.165) is 24.4 Å². The van der Waals surface area contributed by atoms with Gasteiger partial charge in [0.1, 0.15) is 5.82 Å². The molecular weight excluding hydrogens is 226 g/mol. The molecule has 0 aliphatic heterocycles. The molecule has 0 spiro atoms. The smallest absolute Gasteiger partial charge is 0.166 e. The zero-order valence-corrected chi connectivity index (χ0v) is 11.1. The molecule has 0 aliphatic carbocycles. The number of aryl methyl sites for hydroxylation is 3. The number of aromatic nitrogens is 3. The van der Waals surface area contributed by atoms with Crippen molar-refractivity contribution in [3.05, 3.63) is 42.2 Å². The fourth-order valence-corrected chi connectivity index (χ4v) is 1.93. The Morgan fingerprint density at radius 3 is 2.78 bits per heavy atom. The summed E-state index contributed by atoms with van der Waals surface area (Å²) < 4.78 is 4.06.